The highest BCUT2D eigenvalue weighted by atomic mass is 32.2. The molecule has 0 saturated carbocycles. The number of carbonyl (C=O) groups excluding carboxylic acids is 1. The van der Waals surface area contributed by atoms with Crippen molar-refractivity contribution in [3.63, 3.8) is 0 Å². The maximum atomic E-state index is 14.0. The van der Waals surface area contributed by atoms with Gasteiger partial charge in [-0.25, -0.2) is 17.2 Å². The van der Waals surface area contributed by atoms with E-state index in [2.05, 4.69) is 0 Å². The normalized spacial score (nSPS) is 11.2. The highest BCUT2D eigenvalue weighted by molar-refractivity contribution is 7.90. The van der Waals surface area contributed by atoms with Crippen molar-refractivity contribution in [1.82, 2.24) is 0 Å². The van der Waals surface area contributed by atoms with Gasteiger partial charge in [-0.15, -0.1) is 0 Å². The molecule has 0 heterocycles. The van der Waals surface area contributed by atoms with E-state index in [9.17, 15) is 22.0 Å². The number of rotatable bonds is 5. The van der Waals surface area contributed by atoms with Crippen LogP contribution >= 0.6 is 0 Å². The molecule has 1 amide bonds. The zero-order valence-electron chi connectivity index (χ0n) is 14.6. The van der Waals surface area contributed by atoms with Crippen LogP contribution in [0, 0.1) is 11.6 Å². The molecular formula is C20H15F2NO4S. The number of carbonyl (C=O) groups is 1. The van der Waals surface area contributed by atoms with Crippen LogP contribution in [0.4, 0.5) is 8.78 Å². The van der Waals surface area contributed by atoms with E-state index in [1.807, 2.05) is 0 Å². The number of sulfone groups is 1. The molecule has 0 spiro atoms. The van der Waals surface area contributed by atoms with E-state index >= 15 is 0 Å². The van der Waals surface area contributed by atoms with Gasteiger partial charge in [-0.3, -0.25) is 4.79 Å². The summed E-state index contributed by atoms with van der Waals surface area (Å²) in [5.74, 6) is -2.51. The molecule has 2 N–H and O–H groups in total. The van der Waals surface area contributed by atoms with Crippen molar-refractivity contribution in [3.8, 4) is 22.6 Å². The number of nitrogens with two attached hydrogens (primary N) is 1. The Balaban J connectivity index is 2.09. The van der Waals surface area contributed by atoms with E-state index in [0.717, 1.165) is 18.4 Å². The van der Waals surface area contributed by atoms with Gasteiger partial charge in [0.15, 0.2) is 21.4 Å². The van der Waals surface area contributed by atoms with E-state index in [1.54, 1.807) is 18.2 Å². The second-order valence-electron chi connectivity index (χ2n) is 6.05. The van der Waals surface area contributed by atoms with Gasteiger partial charge in [0.2, 0.25) is 5.91 Å². The van der Waals surface area contributed by atoms with Crippen LogP contribution in [-0.2, 0) is 9.84 Å². The third-order valence-corrected chi connectivity index (χ3v) is 5.10. The smallest absolute Gasteiger partial charge is 0.248 e. The highest BCUT2D eigenvalue weighted by Gasteiger charge is 2.15. The van der Waals surface area contributed by atoms with Gasteiger partial charge in [-0.1, -0.05) is 12.1 Å². The molecule has 8 heteroatoms. The molecular weight excluding hydrogens is 388 g/mol. The molecule has 3 aromatic rings. The number of ether oxygens (including phenoxy) is 1. The SMILES string of the molecule is CS(=O)(=O)c1ccc(-c2ccc(C(N)=O)cc2Oc2ccc(F)cc2F)cc1. The number of hydrogen-bond acceptors (Lipinski definition) is 4. The van der Waals surface area contributed by atoms with E-state index in [-0.39, 0.29) is 22.0 Å². The number of hydrogen-bond donors (Lipinski definition) is 1. The molecule has 0 aromatic heterocycles. The summed E-state index contributed by atoms with van der Waals surface area (Å²) in [6, 6.07) is 13.2. The third-order valence-electron chi connectivity index (χ3n) is 3.97. The standard InChI is InChI=1S/C20H15F2NO4S/c1-28(25,26)15-6-2-12(3-7-15)16-8-4-13(20(23)24)10-19(16)27-18-9-5-14(21)11-17(18)22/h2-11H,1H3,(H2,23,24). The van der Waals surface area contributed by atoms with Crippen molar-refractivity contribution in [2.24, 2.45) is 5.73 Å². The first-order valence-corrected chi connectivity index (χ1v) is 9.91. The number of halogens is 2. The van der Waals surface area contributed by atoms with Crippen molar-refractivity contribution in [1.29, 1.82) is 0 Å². The molecule has 3 aromatic carbocycles. The summed E-state index contributed by atoms with van der Waals surface area (Å²) < 4.78 is 55.9. The van der Waals surface area contributed by atoms with Gasteiger partial charge >= 0.3 is 0 Å². The Labute approximate surface area is 160 Å². The zero-order valence-corrected chi connectivity index (χ0v) is 15.5. The first kappa shape index (κ1) is 19.5. The number of amides is 1. The van der Waals surface area contributed by atoms with Crippen molar-refractivity contribution < 1.29 is 26.7 Å². The van der Waals surface area contributed by atoms with Crippen LogP contribution in [0.1, 0.15) is 10.4 Å². The Morgan fingerprint density at radius 1 is 0.929 bits per heavy atom. The minimum absolute atomic E-state index is 0.105. The average Bonchev–Trinajstić information content (AvgIpc) is 2.63. The molecule has 0 radical (unpaired) electrons. The van der Waals surface area contributed by atoms with Crippen molar-refractivity contribution >= 4 is 15.7 Å². The minimum atomic E-state index is -3.37. The monoisotopic (exact) mass is 403 g/mol. The Morgan fingerprint density at radius 3 is 2.18 bits per heavy atom. The quantitative estimate of drug-likeness (QED) is 0.699. The van der Waals surface area contributed by atoms with Gasteiger partial charge in [0.1, 0.15) is 11.6 Å². The molecule has 0 unspecified atom stereocenters. The van der Waals surface area contributed by atoms with Crippen molar-refractivity contribution in [2.45, 2.75) is 4.90 Å². The third kappa shape index (κ3) is 4.17. The van der Waals surface area contributed by atoms with Gasteiger partial charge in [0, 0.05) is 23.4 Å². The van der Waals surface area contributed by atoms with Gasteiger partial charge in [0.05, 0.1) is 4.90 Å². The van der Waals surface area contributed by atoms with Crippen LogP contribution in [0.15, 0.2) is 65.6 Å². The van der Waals surface area contributed by atoms with Crippen LogP contribution in [-0.4, -0.2) is 20.6 Å². The lowest BCUT2D eigenvalue weighted by molar-refractivity contribution is 0.1000. The molecule has 5 nitrogen and oxygen atoms in total. The maximum absolute atomic E-state index is 14.0. The lowest BCUT2D eigenvalue weighted by Gasteiger charge is -2.13. The highest BCUT2D eigenvalue weighted by Crippen LogP contribution is 2.35. The molecule has 144 valence electrons. The van der Waals surface area contributed by atoms with Gasteiger partial charge in [0.25, 0.3) is 0 Å². The molecule has 0 saturated heterocycles. The molecule has 0 aliphatic rings. The second kappa shape index (κ2) is 7.40. The summed E-state index contributed by atoms with van der Waals surface area (Å²) in [6.07, 6.45) is 1.09. The van der Waals surface area contributed by atoms with Crippen LogP contribution < -0.4 is 10.5 Å². The lowest BCUT2D eigenvalue weighted by atomic mass is 10.0. The van der Waals surface area contributed by atoms with Crippen LogP contribution in [0.3, 0.4) is 0 Å². The molecule has 0 aliphatic heterocycles. The van der Waals surface area contributed by atoms with Gasteiger partial charge in [-0.2, -0.15) is 0 Å². The topological polar surface area (TPSA) is 86.5 Å². The van der Waals surface area contributed by atoms with Crippen LogP contribution in [0.25, 0.3) is 11.1 Å². The fourth-order valence-corrected chi connectivity index (χ4v) is 3.19. The van der Waals surface area contributed by atoms with E-state index in [0.29, 0.717) is 17.2 Å². The molecule has 0 bridgehead atoms. The van der Waals surface area contributed by atoms with Gasteiger partial charge < -0.3 is 10.5 Å². The van der Waals surface area contributed by atoms with E-state index in [4.69, 9.17) is 10.5 Å². The maximum Gasteiger partial charge on any atom is 0.248 e. The number of benzene rings is 3. The summed E-state index contributed by atoms with van der Waals surface area (Å²) in [5, 5.41) is 0. The van der Waals surface area contributed by atoms with Crippen molar-refractivity contribution in [3.05, 3.63) is 77.9 Å². The summed E-state index contributed by atoms with van der Waals surface area (Å²) in [5.41, 5.74) is 6.47. The summed E-state index contributed by atoms with van der Waals surface area (Å²) in [6.45, 7) is 0. The fraction of sp³-hybridized carbons (Fsp3) is 0.0500. The average molecular weight is 403 g/mol. The summed E-state index contributed by atoms with van der Waals surface area (Å²) >= 11 is 0. The molecule has 0 atom stereocenters. The van der Waals surface area contributed by atoms with E-state index in [1.165, 1.54) is 24.3 Å². The van der Waals surface area contributed by atoms with Gasteiger partial charge in [-0.05, 0) is 48.0 Å². The molecule has 3 rings (SSSR count). The van der Waals surface area contributed by atoms with Crippen LogP contribution in [0.5, 0.6) is 11.5 Å². The van der Waals surface area contributed by atoms with Crippen LogP contribution in [0.2, 0.25) is 0 Å². The summed E-state index contributed by atoms with van der Waals surface area (Å²) in [7, 11) is -3.37. The Hall–Kier alpha value is -3.26. The Kier molecular flexibility index (Phi) is 5.15. The predicted octanol–water partition coefficient (Wildman–Crippen LogP) is 3.93. The first-order chi connectivity index (χ1) is 13.1. The lowest BCUT2D eigenvalue weighted by Crippen LogP contribution is -2.11. The largest absolute Gasteiger partial charge is 0.454 e. The zero-order chi connectivity index (χ0) is 20.5. The van der Waals surface area contributed by atoms with E-state index < -0.39 is 27.4 Å². The second-order valence-corrected chi connectivity index (χ2v) is 8.06. The number of primary amides is 1. The first-order valence-electron chi connectivity index (χ1n) is 8.02. The van der Waals surface area contributed by atoms with Crippen molar-refractivity contribution in [2.75, 3.05) is 6.26 Å². The molecule has 0 fully saturated rings. The molecule has 28 heavy (non-hydrogen) atoms. The molecule has 0 aliphatic carbocycles. The summed E-state index contributed by atoms with van der Waals surface area (Å²) in [4.78, 5) is 11.6. The Morgan fingerprint density at radius 2 is 1.61 bits per heavy atom. The fourth-order valence-electron chi connectivity index (χ4n) is 2.56. The Bertz CT molecular complexity index is 1160. The predicted molar refractivity (Wildman–Crippen MR) is 99.9 cm³/mol. The minimum Gasteiger partial charge on any atom is -0.454 e.